The van der Waals surface area contributed by atoms with Crippen molar-refractivity contribution >= 4 is 35.2 Å². The molecule has 2 heterocycles. The molecule has 12 heteroatoms. The van der Waals surface area contributed by atoms with Gasteiger partial charge in [0.2, 0.25) is 5.91 Å². The van der Waals surface area contributed by atoms with Gasteiger partial charge in [0.25, 0.3) is 5.56 Å². The molecule has 2 aromatic rings. The minimum atomic E-state index is -0.329. The van der Waals surface area contributed by atoms with Gasteiger partial charge in [0.15, 0.2) is 17.3 Å². The van der Waals surface area contributed by atoms with Crippen molar-refractivity contribution in [3.8, 4) is 0 Å². The molecule has 0 spiro atoms. The number of carbonyl (C=O) groups excluding carboxylic acids is 2. The first-order valence-corrected chi connectivity index (χ1v) is 9.93. The first-order valence-electron chi connectivity index (χ1n) is 9.05. The molecule has 0 fully saturated rings. The normalized spacial score (nSPS) is 10.9. The van der Waals surface area contributed by atoms with E-state index >= 15 is 0 Å². The van der Waals surface area contributed by atoms with E-state index in [1.54, 1.807) is 29.9 Å². The second-order valence-electron chi connectivity index (χ2n) is 6.07. The summed E-state index contributed by atoms with van der Waals surface area (Å²) in [6.45, 7) is 2.35. The molecular formula is C18H27N7O4S. The van der Waals surface area contributed by atoms with Gasteiger partial charge in [0.1, 0.15) is 12.2 Å². The monoisotopic (exact) mass is 437 g/mol. The van der Waals surface area contributed by atoms with Crippen LogP contribution in [0.3, 0.4) is 0 Å². The van der Waals surface area contributed by atoms with Crippen molar-refractivity contribution in [1.29, 1.82) is 0 Å². The van der Waals surface area contributed by atoms with Crippen molar-refractivity contribution in [2.45, 2.75) is 32.4 Å². The van der Waals surface area contributed by atoms with Crippen LogP contribution in [0.2, 0.25) is 0 Å². The number of aldehydes is 1. The van der Waals surface area contributed by atoms with E-state index in [0.29, 0.717) is 11.6 Å². The number of amides is 1. The van der Waals surface area contributed by atoms with E-state index in [1.807, 2.05) is 6.92 Å². The maximum absolute atomic E-state index is 12.1. The summed E-state index contributed by atoms with van der Waals surface area (Å²) >= 11 is 1.34. The van der Waals surface area contributed by atoms with Gasteiger partial charge >= 0.3 is 0 Å². The molecule has 0 aromatic carbocycles. The van der Waals surface area contributed by atoms with Crippen molar-refractivity contribution in [3.05, 3.63) is 45.3 Å². The summed E-state index contributed by atoms with van der Waals surface area (Å²) in [5, 5.41) is 5.14. The van der Waals surface area contributed by atoms with Gasteiger partial charge in [0.05, 0.1) is 7.11 Å². The van der Waals surface area contributed by atoms with Crippen LogP contribution in [-0.4, -0.2) is 47.4 Å². The lowest BCUT2D eigenvalue weighted by molar-refractivity contribution is -0.122. The number of rotatable bonds is 10. The Kier molecular flexibility index (Phi) is 11.4. The Hall–Kier alpha value is -3.25. The average Bonchev–Trinajstić information content (AvgIpc) is 3.23. The van der Waals surface area contributed by atoms with Crippen LogP contribution in [-0.2, 0) is 16.2 Å². The molecule has 6 N–H and O–H groups in total. The number of carbonyl (C=O) groups is 2. The first-order chi connectivity index (χ1) is 14.4. The quantitative estimate of drug-likeness (QED) is 0.136. The molecule has 1 amide bonds. The largest absolute Gasteiger partial charge is 0.370 e. The zero-order chi connectivity index (χ0) is 22.4. The fourth-order valence-corrected chi connectivity index (χ4v) is 2.73. The van der Waals surface area contributed by atoms with Gasteiger partial charge < -0.3 is 21.4 Å². The van der Waals surface area contributed by atoms with Gasteiger partial charge in [-0.05, 0) is 31.9 Å². The number of hydrogen-bond donors (Lipinski definition) is 4. The number of hydrogen-bond acceptors (Lipinski definition) is 8. The van der Waals surface area contributed by atoms with E-state index in [-0.39, 0.29) is 35.7 Å². The number of aromatic nitrogens is 2. The fraction of sp³-hybridized carbons (Fsp3) is 0.389. The first kappa shape index (κ1) is 24.8. The Morgan fingerprint density at radius 2 is 2.23 bits per heavy atom. The highest BCUT2D eigenvalue weighted by Gasteiger charge is 2.10. The molecule has 11 nitrogen and oxygen atoms in total. The Bertz CT molecular complexity index is 864. The number of nitrogens with zero attached hydrogens (tertiary/aromatic N) is 3. The van der Waals surface area contributed by atoms with Crippen LogP contribution in [0.15, 0.2) is 39.7 Å². The highest BCUT2D eigenvalue weighted by molar-refractivity contribution is 7.11. The predicted octanol–water partition coefficient (Wildman–Crippen LogP) is 0.336. The maximum Gasteiger partial charge on any atom is 0.276 e. The predicted molar refractivity (Wildman–Crippen MR) is 116 cm³/mol. The topological polar surface area (TPSA) is 167 Å². The Balaban J connectivity index is 0.000000539. The molecule has 164 valence electrons. The van der Waals surface area contributed by atoms with Crippen LogP contribution in [0.4, 0.5) is 5.69 Å². The Morgan fingerprint density at radius 3 is 2.80 bits per heavy atom. The molecule has 1 atom stereocenters. The van der Waals surface area contributed by atoms with E-state index < -0.39 is 0 Å². The minimum Gasteiger partial charge on any atom is -0.370 e. The van der Waals surface area contributed by atoms with E-state index in [2.05, 4.69) is 20.8 Å². The number of pyridine rings is 1. The van der Waals surface area contributed by atoms with Crippen molar-refractivity contribution in [3.63, 3.8) is 0 Å². The molecule has 0 aliphatic carbocycles. The highest BCUT2D eigenvalue weighted by atomic mass is 32.1. The molecule has 30 heavy (non-hydrogen) atoms. The van der Waals surface area contributed by atoms with Gasteiger partial charge in [0, 0.05) is 30.4 Å². The van der Waals surface area contributed by atoms with Crippen molar-refractivity contribution in [2.75, 3.05) is 19.1 Å². The molecule has 1 unspecified atom stereocenters. The third kappa shape index (κ3) is 9.80. The number of anilines is 1. The summed E-state index contributed by atoms with van der Waals surface area (Å²) in [4.78, 5) is 46.1. The second kappa shape index (κ2) is 13.8. The maximum atomic E-state index is 12.1. The lowest BCUT2D eigenvalue weighted by Crippen LogP contribution is -2.37. The lowest BCUT2D eigenvalue weighted by Gasteiger charge is -2.14. The summed E-state index contributed by atoms with van der Waals surface area (Å²) in [7, 11) is 1.41. The summed E-state index contributed by atoms with van der Waals surface area (Å²) < 4.78 is 1.31. The van der Waals surface area contributed by atoms with Crippen LogP contribution >= 0.6 is 11.3 Å². The number of nitrogens with two attached hydrogens (primary N) is 2. The van der Waals surface area contributed by atoms with Crippen LogP contribution in [0.25, 0.3) is 0 Å². The van der Waals surface area contributed by atoms with E-state index in [9.17, 15) is 14.4 Å². The number of thiazole rings is 1. The van der Waals surface area contributed by atoms with Crippen LogP contribution < -0.4 is 27.8 Å². The summed E-state index contributed by atoms with van der Waals surface area (Å²) in [6.07, 6.45) is 5.39. The Morgan fingerprint density at radius 1 is 1.47 bits per heavy atom. The van der Waals surface area contributed by atoms with Gasteiger partial charge in [-0.3, -0.25) is 29.7 Å². The van der Waals surface area contributed by atoms with Gasteiger partial charge in [-0.2, -0.15) is 0 Å². The van der Waals surface area contributed by atoms with E-state index in [1.165, 1.54) is 23.0 Å². The van der Waals surface area contributed by atoms with Gasteiger partial charge in [-0.15, -0.1) is 11.3 Å². The van der Waals surface area contributed by atoms with Crippen molar-refractivity contribution in [2.24, 2.45) is 16.5 Å². The smallest absolute Gasteiger partial charge is 0.276 e. The molecule has 0 radical (unpaired) electrons. The van der Waals surface area contributed by atoms with E-state index in [0.717, 1.165) is 19.1 Å². The van der Waals surface area contributed by atoms with Crippen LogP contribution in [0.1, 0.15) is 29.6 Å². The molecule has 2 aromatic heterocycles. The standard InChI is InChI=1S/C14H24N6O3.C4H3NOS/c1-10(5-3-7-17-14(15)16)18-12(21)9-20-8-4-6-11(13(20)22)19-23-2;6-3-4-5-1-2-7-4/h4,6,8,10,19H,3,5,7,9H2,1-2H3,(H,18,21)(H4,15,16,17);1-3H. The number of nitrogens with one attached hydrogen (secondary N) is 2. The zero-order valence-corrected chi connectivity index (χ0v) is 17.7. The van der Waals surface area contributed by atoms with Crippen LogP contribution in [0, 0.1) is 0 Å². The van der Waals surface area contributed by atoms with E-state index in [4.69, 9.17) is 16.3 Å². The average molecular weight is 438 g/mol. The summed E-state index contributed by atoms with van der Waals surface area (Å²) in [5.74, 6) is -0.179. The number of aliphatic imine (C=N–C) groups is 1. The SMILES string of the molecule is CONc1cccn(CC(=O)NC(C)CCCN=C(N)N)c1=O.O=Cc1nccs1. The molecule has 0 saturated carbocycles. The Labute approximate surface area is 178 Å². The summed E-state index contributed by atoms with van der Waals surface area (Å²) in [5.41, 5.74) is 12.9. The minimum absolute atomic E-state index is 0.0346. The molecule has 0 bridgehead atoms. The molecule has 0 aliphatic heterocycles. The number of guanidine groups is 1. The van der Waals surface area contributed by atoms with Crippen molar-refractivity contribution < 1.29 is 14.4 Å². The zero-order valence-electron chi connectivity index (χ0n) is 16.9. The highest BCUT2D eigenvalue weighted by Crippen LogP contribution is 2.00. The third-order valence-electron chi connectivity index (χ3n) is 3.60. The third-order valence-corrected chi connectivity index (χ3v) is 4.30. The molecule has 0 aliphatic rings. The molecule has 0 saturated heterocycles. The van der Waals surface area contributed by atoms with Gasteiger partial charge in [-0.1, -0.05) is 0 Å². The van der Waals surface area contributed by atoms with Crippen molar-refractivity contribution in [1.82, 2.24) is 14.9 Å². The molecular weight excluding hydrogens is 410 g/mol. The fourth-order valence-electron chi connectivity index (χ4n) is 2.29. The second-order valence-corrected chi connectivity index (χ2v) is 6.99. The lowest BCUT2D eigenvalue weighted by atomic mass is 10.2. The molecule has 2 rings (SSSR count). The van der Waals surface area contributed by atoms with Crippen LogP contribution in [0.5, 0.6) is 0 Å². The summed E-state index contributed by atoms with van der Waals surface area (Å²) in [6, 6.07) is 3.20. The van der Waals surface area contributed by atoms with Gasteiger partial charge in [-0.25, -0.2) is 4.98 Å².